The van der Waals surface area contributed by atoms with E-state index in [9.17, 15) is 10.1 Å². The molecule has 31 heavy (non-hydrogen) atoms. The minimum absolute atomic E-state index is 0.357. The van der Waals surface area contributed by atoms with Crippen molar-refractivity contribution >= 4 is 34.0 Å². The van der Waals surface area contributed by atoms with Gasteiger partial charge in [-0.15, -0.1) is 11.3 Å². The molecule has 5 nitrogen and oxygen atoms in total. The Kier molecular flexibility index (Phi) is 4.79. The van der Waals surface area contributed by atoms with Crippen molar-refractivity contribution in [3.63, 3.8) is 0 Å². The van der Waals surface area contributed by atoms with Crippen LogP contribution in [0.5, 0.6) is 0 Å². The molecule has 0 spiro atoms. The van der Waals surface area contributed by atoms with Crippen LogP contribution < -0.4 is 5.63 Å². The van der Waals surface area contributed by atoms with Crippen LogP contribution in [0.3, 0.4) is 0 Å². The Morgan fingerprint density at radius 1 is 1.00 bits per heavy atom. The third-order valence-electron chi connectivity index (χ3n) is 4.74. The van der Waals surface area contributed by atoms with Gasteiger partial charge in [0.1, 0.15) is 28.2 Å². The molecular weight excluding hydrogens is 408 g/mol. The average Bonchev–Trinajstić information content (AvgIpc) is 3.47. The van der Waals surface area contributed by atoms with E-state index in [1.54, 1.807) is 23.6 Å². The second-order valence-corrected chi connectivity index (χ2v) is 7.62. The van der Waals surface area contributed by atoms with Crippen LogP contribution in [0.2, 0.25) is 0 Å². The first-order valence-electron chi connectivity index (χ1n) is 9.47. The van der Waals surface area contributed by atoms with Gasteiger partial charge < -0.3 is 8.83 Å². The van der Waals surface area contributed by atoms with Crippen LogP contribution in [0.25, 0.3) is 45.2 Å². The number of rotatable bonds is 4. The highest BCUT2D eigenvalue weighted by Gasteiger charge is 2.14. The highest BCUT2D eigenvalue weighted by atomic mass is 32.1. The predicted octanol–water partition coefficient (Wildman–Crippen LogP) is 6.24. The van der Waals surface area contributed by atoms with Crippen molar-refractivity contribution in [1.82, 2.24) is 4.98 Å². The summed E-state index contributed by atoms with van der Waals surface area (Å²) >= 11 is 1.29. The van der Waals surface area contributed by atoms with Gasteiger partial charge in [-0.3, -0.25) is 0 Å². The van der Waals surface area contributed by atoms with Crippen molar-refractivity contribution in [2.75, 3.05) is 0 Å². The maximum Gasteiger partial charge on any atom is 0.345 e. The fourth-order valence-electron chi connectivity index (χ4n) is 3.23. The van der Waals surface area contributed by atoms with E-state index < -0.39 is 5.63 Å². The molecular formula is C25H14N2O3S. The maximum absolute atomic E-state index is 12.4. The van der Waals surface area contributed by atoms with Crippen LogP contribution in [0, 0.1) is 11.3 Å². The average molecular weight is 422 g/mol. The molecule has 0 aliphatic carbocycles. The van der Waals surface area contributed by atoms with Crippen LogP contribution >= 0.6 is 11.3 Å². The van der Waals surface area contributed by atoms with Crippen molar-refractivity contribution in [3.8, 4) is 28.7 Å². The second kappa shape index (κ2) is 7.90. The molecule has 0 fully saturated rings. The number of furan rings is 1. The smallest absolute Gasteiger partial charge is 0.345 e. The van der Waals surface area contributed by atoms with E-state index in [2.05, 4.69) is 11.1 Å². The zero-order valence-electron chi connectivity index (χ0n) is 16.1. The highest BCUT2D eigenvalue weighted by Crippen LogP contribution is 2.29. The van der Waals surface area contributed by atoms with E-state index in [0.29, 0.717) is 33.2 Å². The lowest BCUT2D eigenvalue weighted by atomic mass is 10.1. The summed E-state index contributed by atoms with van der Waals surface area (Å²) in [6, 6.07) is 24.7. The monoisotopic (exact) mass is 422 g/mol. The topological polar surface area (TPSA) is 80.0 Å². The Bertz CT molecular complexity index is 1520. The number of allylic oxidation sites excluding steroid dienone is 1. The van der Waals surface area contributed by atoms with Gasteiger partial charge in [-0.2, -0.15) is 5.26 Å². The third-order valence-corrected chi connectivity index (χ3v) is 5.62. The van der Waals surface area contributed by atoms with Crippen LogP contribution in [-0.2, 0) is 0 Å². The second-order valence-electron chi connectivity index (χ2n) is 6.76. The summed E-state index contributed by atoms with van der Waals surface area (Å²) in [7, 11) is 0. The Labute approximate surface area is 181 Å². The largest absolute Gasteiger partial charge is 0.457 e. The fourth-order valence-corrected chi connectivity index (χ4v) is 4.02. The Hall–Kier alpha value is -4.21. The van der Waals surface area contributed by atoms with Gasteiger partial charge in [-0.1, -0.05) is 48.5 Å². The molecule has 0 atom stereocenters. The normalized spacial score (nSPS) is 11.5. The zero-order valence-corrected chi connectivity index (χ0v) is 16.9. The number of benzene rings is 2. The van der Waals surface area contributed by atoms with E-state index in [1.165, 1.54) is 11.3 Å². The summed E-state index contributed by atoms with van der Waals surface area (Å²) in [6.07, 6.45) is 1.65. The Morgan fingerprint density at radius 2 is 1.81 bits per heavy atom. The lowest BCUT2D eigenvalue weighted by Gasteiger charge is -1.99. The van der Waals surface area contributed by atoms with E-state index in [1.807, 2.05) is 60.7 Å². The molecule has 0 unspecified atom stereocenters. The van der Waals surface area contributed by atoms with Gasteiger partial charge in [-0.05, 0) is 24.3 Å². The predicted molar refractivity (Wildman–Crippen MR) is 121 cm³/mol. The van der Waals surface area contributed by atoms with Gasteiger partial charge in [0.2, 0.25) is 0 Å². The Morgan fingerprint density at radius 3 is 2.65 bits per heavy atom. The van der Waals surface area contributed by atoms with E-state index >= 15 is 0 Å². The molecule has 3 aromatic heterocycles. The number of fused-ring (bicyclic) bond motifs is 1. The quantitative estimate of drug-likeness (QED) is 0.253. The van der Waals surface area contributed by atoms with Gasteiger partial charge in [0, 0.05) is 22.4 Å². The molecule has 0 radical (unpaired) electrons. The SMILES string of the molecule is N#CC(=Cc1ccc(-c2ccccc2)o1)c1nc(-c2cc3ccccc3oc2=O)cs1. The fraction of sp³-hybridized carbons (Fsp3) is 0. The third kappa shape index (κ3) is 3.70. The first kappa shape index (κ1) is 18.8. The molecule has 0 aliphatic heterocycles. The molecule has 0 aliphatic rings. The zero-order chi connectivity index (χ0) is 21.2. The van der Waals surface area contributed by atoms with Gasteiger partial charge in [-0.25, -0.2) is 9.78 Å². The molecule has 6 heteroatoms. The molecule has 0 bridgehead atoms. The number of hydrogen-bond acceptors (Lipinski definition) is 6. The van der Waals surface area contributed by atoms with Crippen molar-refractivity contribution in [1.29, 1.82) is 5.26 Å². The number of aromatic nitrogens is 1. The summed E-state index contributed by atoms with van der Waals surface area (Å²) in [4.78, 5) is 16.9. The summed E-state index contributed by atoms with van der Waals surface area (Å²) in [6.45, 7) is 0. The van der Waals surface area contributed by atoms with Crippen molar-refractivity contribution in [2.24, 2.45) is 0 Å². The molecule has 0 N–H and O–H groups in total. The molecule has 5 aromatic rings. The minimum Gasteiger partial charge on any atom is -0.457 e. The van der Waals surface area contributed by atoms with Gasteiger partial charge >= 0.3 is 5.63 Å². The van der Waals surface area contributed by atoms with E-state index in [0.717, 1.165) is 16.7 Å². The van der Waals surface area contributed by atoms with E-state index in [4.69, 9.17) is 8.83 Å². The number of nitrogens with zero attached hydrogens (tertiary/aromatic N) is 2. The molecule has 0 saturated heterocycles. The van der Waals surface area contributed by atoms with Gasteiger partial charge in [0.15, 0.2) is 0 Å². The number of nitriles is 1. The lowest BCUT2D eigenvalue weighted by Crippen LogP contribution is -2.02. The highest BCUT2D eigenvalue weighted by molar-refractivity contribution is 7.11. The standard InChI is InChI=1S/C25H14N2O3S/c26-14-18(12-19-10-11-23(29-19)16-6-2-1-3-7-16)24-27-21(15-31-24)20-13-17-8-4-5-9-22(17)30-25(20)28/h1-13,15H. The van der Waals surface area contributed by atoms with E-state index in [-0.39, 0.29) is 0 Å². The Balaban J connectivity index is 1.49. The minimum atomic E-state index is -0.462. The summed E-state index contributed by atoms with van der Waals surface area (Å²) in [5, 5.41) is 12.7. The molecule has 0 saturated carbocycles. The van der Waals surface area contributed by atoms with Crippen molar-refractivity contribution < 1.29 is 8.83 Å². The van der Waals surface area contributed by atoms with Crippen LogP contribution in [0.4, 0.5) is 0 Å². The van der Waals surface area contributed by atoms with Gasteiger partial charge in [0.05, 0.1) is 16.8 Å². The van der Waals surface area contributed by atoms with Crippen LogP contribution in [-0.4, -0.2) is 4.98 Å². The first-order chi connectivity index (χ1) is 15.2. The van der Waals surface area contributed by atoms with Gasteiger partial charge in [0.25, 0.3) is 0 Å². The number of hydrogen-bond donors (Lipinski definition) is 0. The molecule has 148 valence electrons. The maximum atomic E-state index is 12.4. The first-order valence-corrected chi connectivity index (χ1v) is 10.4. The van der Waals surface area contributed by atoms with Crippen LogP contribution in [0.15, 0.2) is 91.8 Å². The molecule has 5 rings (SSSR count). The number of thiazole rings is 1. The lowest BCUT2D eigenvalue weighted by molar-refractivity contribution is 0.563. The number of para-hydroxylation sites is 1. The van der Waals surface area contributed by atoms with Crippen molar-refractivity contribution in [3.05, 3.63) is 99.4 Å². The van der Waals surface area contributed by atoms with Crippen LogP contribution in [0.1, 0.15) is 10.8 Å². The summed E-state index contributed by atoms with van der Waals surface area (Å²) in [5.74, 6) is 1.27. The van der Waals surface area contributed by atoms with Crippen molar-refractivity contribution in [2.45, 2.75) is 0 Å². The summed E-state index contributed by atoms with van der Waals surface area (Å²) < 4.78 is 11.3. The molecule has 2 aromatic carbocycles. The summed E-state index contributed by atoms with van der Waals surface area (Å²) in [5.41, 5.74) is 2.22. The molecule has 3 heterocycles. The molecule has 0 amide bonds.